The summed E-state index contributed by atoms with van der Waals surface area (Å²) in [5.41, 5.74) is -0.298. The molecule has 1 N–H and O–H groups in total. The van der Waals surface area contributed by atoms with Crippen molar-refractivity contribution in [2.24, 2.45) is 0 Å². The Kier molecular flexibility index (Phi) is 4.54. The molecular weight excluding hydrogens is 180 g/mol. The summed E-state index contributed by atoms with van der Waals surface area (Å²) in [6.45, 7) is 12.3. The van der Waals surface area contributed by atoms with Crippen LogP contribution in [0.2, 0.25) is 13.1 Å². The van der Waals surface area contributed by atoms with Crippen molar-refractivity contribution in [2.75, 3.05) is 0 Å². The van der Waals surface area contributed by atoms with Crippen molar-refractivity contribution in [3.63, 3.8) is 0 Å². The summed E-state index contributed by atoms with van der Waals surface area (Å²) in [5, 5.41) is 10.8. The highest BCUT2D eigenvalue weighted by Gasteiger charge is 2.17. The van der Waals surface area contributed by atoms with E-state index in [1.807, 2.05) is 20.8 Å². The molecule has 0 aromatic rings. The molecule has 0 aromatic carbocycles. The van der Waals surface area contributed by atoms with Crippen molar-refractivity contribution in [1.29, 1.82) is 0 Å². The first-order valence-electron chi connectivity index (χ1n) is 4.89. The first kappa shape index (κ1) is 12.6. The Bertz CT molecular complexity index is 190. The number of rotatable bonds is 3. The molecule has 0 heterocycles. The average Bonchev–Trinajstić information content (AvgIpc) is 1.82. The summed E-state index contributed by atoms with van der Waals surface area (Å²) in [4.78, 5) is 0. The molecule has 0 bridgehead atoms. The van der Waals surface area contributed by atoms with E-state index in [4.69, 9.17) is 4.74 Å². The number of aliphatic hydroxyl groups excluding tert-OH is 1. The van der Waals surface area contributed by atoms with Gasteiger partial charge in [0.1, 0.15) is 5.60 Å². The molecule has 0 radical (unpaired) electrons. The predicted octanol–water partition coefficient (Wildman–Crippen LogP) is 3.01. The van der Waals surface area contributed by atoms with Crippen LogP contribution in [0.5, 0.6) is 0 Å². The summed E-state index contributed by atoms with van der Waals surface area (Å²) >= 11 is 0. The van der Waals surface area contributed by atoms with Gasteiger partial charge in [-0.05, 0) is 32.4 Å². The molecule has 0 aliphatic rings. The second-order valence-electron chi connectivity index (χ2n) is 4.55. The maximum Gasteiger partial charge on any atom is 0.271 e. The molecule has 2 nitrogen and oxygen atoms in total. The lowest BCUT2D eigenvalue weighted by Gasteiger charge is -2.22. The smallest absolute Gasteiger partial charge is 0.271 e. The minimum absolute atomic E-state index is 0.164. The van der Waals surface area contributed by atoms with Gasteiger partial charge in [-0.2, -0.15) is 0 Å². The number of hydrogen-bond acceptors (Lipinski definition) is 2. The zero-order chi connectivity index (χ0) is 10.6. The lowest BCUT2D eigenvalue weighted by Crippen LogP contribution is -2.21. The molecule has 0 unspecified atom stereocenters. The van der Waals surface area contributed by atoms with E-state index in [0.29, 0.717) is 0 Å². The van der Waals surface area contributed by atoms with E-state index in [1.54, 1.807) is 0 Å². The number of ether oxygens (including phenoxy) is 1. The van der Waals surface area contributed by atoms with Gasteiger partial charge in [-0.3, -0.25) is 0 Å². The first-order valence-corrected chi connectivity index (χ1v) is 7.77. The Hall–Kier alpha value is -0.443. The SMILES string of the molecule is CCC(=C(O)OC(C)(C)C)[SiH](C)C. The molecule has 0 rings (SSSR count). The topological polar surface area (TPSA) is 29.5 Å². The Morgan fingerprint density at radius 2 is 1.77 bits per heavy atom. The van der Waals surface area contributed by atoms with Gasteiger partial charge in [0.05, 0.1) is 8.80 Å². The molecule has 13 heavy (non-hydrogen) atoms. The Balaban J connectivity index is 4.58. The van der Waals surface area contributed by atoms with Crippen molar-refractivity contribution in [1.82, 2.24) is 0 Å². The van der Waals surface area contributed by atoms with Gasteiger partial charge in [-0.25, -0.2) is 0 Å². The van der Waals surface area contributed by atoms with E-state index in [-0.39, 0.29) is 11.5 Å². The summed E-state index contributed by atoms with van der Waals surface area (Å²) in [7, 11) is -0.928. The molecule has 0 aliphatic carbocycles. The van der Waals surface area contributed by atoms with E-state index >= 15 is 0 Å². The molecule has 0 atom stereocenters. The highest BCUT2D eigenvalue weighted by Crippen LogP contribution is 2.18. The van der Waals surface area contributed by atoms with E-state index in [0.717, 1.165) is 11.6 Å². The van der Waals surface area contributed by atoms with Crippen molar-refractivity contribution >= 4 is 8.80 Å². The minimum Gasteiger partial charge on any atom is -0.481 e. The maximum atomic E-state index is 9.71. The summed E-state index contributed by atoms with van der Waals surface area (Å²) in [6, 6.07) is 0. The maximum absolute atomic E-state index is 9.71. The first-order chi connectivity index (χ1) is 5.78. The number of allylic oxidation sites excluding steroid dienone is 1. The molecule has 0 aromatic heterocycles. The third kappa shape index (κ3) is 4.98. The van der Waals surface area contributed by atoms with Crippen LogP contribution in [0.4, 0.5) is 0 Å². The number of hydrogen-bond donors (Lipinski definition) is 1. The zero-order valence-corrected chi connectivity index (χ0v) is 10.8. The summed E-state index contributed by atoms with van der Waals surface area (Å²) < 4.78 is 5.42. The molecule has 0 amide bonds. The number of aliphatic hydroxyl groups is 1. The third-order valence-electron chi connectivity index (χ3n) is 1.76. The van der Waals surface area contributed by atoms with E-state index < -0.39 is 8.80 Å². The average molecular weight is 202 g/mol. The van der Waals surface area contributed by atoms with Gasteiger partial charge in [-0.1, -0.05) is 20.0 Å². The van der Waals surface area contributed by atoms with Crippen molar-refractivity contribution in [3.8, 4) is 0 Å². The third-order valence-corrected chi connectivity index (χ3v) is 3.80. The molecule has 78 valence electrons. The van der Waals surface area contributed by atoms with Crippen LogP contribution in [-0.4, -0.2) is 19.5 Å². The Morgan fingerprint density at radius 1 is 1.31 bits per heavy atom. The van der Waals surface area contributed by atoms with Crippen molar-refractivity contribution in [2.45, 2.75) is 52.8 Å². The van der Waals surface area contributed by atoms with Crippen LogP contribution in [0.3, 0.4) is 0 Å². The lowest BCUT2D eigenvalue weighted by molar-refractivity contribution is -0.0163. The summed E-state index contributed by atoms with van der Waals surface area (Å²) in [6.07, 6.45) is 0.895. The van der Waals surface area contributed by atoms with Gasteiger partial charge in [0.15, 0.2) is 0 Å². The molecule has 0 saturated heterocycles. The van der Waals surface area contributed by atoms with Crippen LogP contribution >= 0.6 is 0 Å². The monoisotopic (exact) mass is 202 g/mol. The zero-order valence-electron chi connectivity index (χ0n) is 9.64. The quantitative estimate of drug-likeness (QED) is 0.563. The lowest BCUT2D eigenvalue weighted by atomic mass is 10.2. The predicted molar refractivity (Wildman–Crippen MR) is 59.7 cm³/mol. The van der Waals surface area contributed by atoms with Crippen molar-refractivity contribution < 1.29 is 9.84 Å². The second kappa shape index (κ2) is 4.70. The molecule has 0 fully saturated rings. The highest BCUT2D eigenvalue weighted by molar-refractivity contribution is 6.64. The largest absolute Gasteiger partial charge is 0.481 e. The van der Waals surface area contributed by atoms with Crippen molar-refractivity contribution in [3.05, 3.63) is 11.1 Å². The highest BCUT2D eigenvalue weighted by atomic mass is 28.3. The Morgan fingerprint density at radius 3 is 2.00 bits per heavy atom. The standard InChI is InChI=1S/C10H22O2Si/c1-7-8(13(5)6)9(11)12-10(2,3)4/h11,13H,7H2,1-6H3. The van der Waals surface area contributed by atoms with Gasteiger partial charge in [0, 0.05) is 0 Å². The fourth-order valence-corrected chi connectivity index (χ4v) is 2.53. The van der Waals surface area contributed by atoms with E-state index in [2.05, 4.69) is 20.0 Å². The van der Waals surface area contributed by atoms with Gasteiger partial charge in [0.2, 0.25) is 0 Å². The molecule has 3 heteroatoms. The molecular formula is C10H22O2Si. The second-order valence-corrected chi connectivity index (χ2v) is 7.56. The molecule has 0 aliphatic heterocycles. The van der Waals surface area contributed by atoms with E-state index in [1.165, 1.54) is 0 Å². The van der Waals surface area contributed by atoms with Crippen LogP contribution in [-0.2, 0) is 4.74 Å². The van der Waals surface area contributed by atoms with E-state index in [9.17, 15) is 5.11 Å². The van der Waals surface area contributed by atoms with Crippen LogP contribution in [0.15, 0.2) is 11.1 Å². The van der Waals surface area contributed by atoms with Crippen LogP contribution in [0.1, 0.15) is 34.1 Å². The van der Waals surface area contributed by atoms with Crippen LogP contribution in [0.25, 0.3) is 0 Å². The molecule has 0 saturated carbocycles. The van der Waals surface area contributed by atoms with Gasteiger partial charge in [0.25, 0.3) is 5.95 Å². The van der Waals surface area contributed by atoms with Crippen LogP contribution < -0.4 is 0 Å². The molecule has 0 spiro atoms. The van der Waals surface area contributed by atoms with Gasteiger partial charge in [-0.15, -0.1) is 0 Å². The summed E-state index contributed by atoms with van der Waals surface area (Å²) in [5.74, 6) is 0.164. The van der Waals surface area contributed by atoms with Gasteiger partial charge >= 0.3 is 0 Å². The fraction of sp³-hybridized carbons (Fsp3) is 0.800. The fourth-order valence-electron chi connectivity index (χ4n) is 1.16. The van der Waals surface area contributed by atoms with Crippen LogP contribution in [0, 0.1) is 0 Å². The Labute approximate surface area is 83.2 Å². The van der Waals surface area contributed by atoms with Gasteiger partial charge < -0.3 is 9.84 Å². The normalized spacial score (nSPS) is 14.4. The minimum atomic E-state index is -0.928.